The zero-order chi connectivity index (χ0) is 19.4. The van der Waals surface area contributed by atoms with Crippen molar-refractivity contribution in [2.45, 2.75) is 29.2 Å². The molecule has 2 aromatic carbocycles. The first-order valence-corrected chi connectivity index (χ1v) is 9.20. The van der Waals surface area contributed by atoms with Gasteiger partial charge in [0.2, 0.25) is 11.8 Å². The fraction of sp³-hybridized carbons (Fsp3) is 0.263. The molecule has 0 unspecified atom stereocenters. The summed E-state index contributed by atoms with van der Waals surface area (Å²) in [6.07, 6.45) is -3.83. The Morgan fingerprint density at radius 3 is 2.59 bits per heavy atom. The van der Waals surface area contributed by atoms with Crippen LogP contribution in [0.2, 0.25) is 0 Å². The molecule has 2 amide bonds. The lowest BCUT2D eigenvalue weighted by Crippen LogP contribution is -2.35. The summed E-state index contributed by atoms with van der Waals surface area (Å²) in [6, 6.07) is 12.9. The molecule has 3 rings (SSSR count). The maximum absolute atomic E-state index is 12.8. The van der Waals surface area contributed by atoms with Crippen LogP contribution >= 0.6 is 11.8 Å². The highest BCUT2D eigenvalue weighted by Gasteiger charge is 2.34. The molecule has 8 heteroatoms. The number of rotatable bonds is 5. The molecular weight excluding hydrogens is 377 g/mol. The van der Waals surface area contributed by atoms with Crippen molar-refractivity contribution in [1.82, 2.24) is 5.32 Å². The fourth-order valence-corrected chi connectivity index (χ4v) is 3.78. The average molecular weight is 394 g/mol. The number of alkyl halides is 3. The van der Waals surface area contributed by atoms with E-state index >= 15 is 0 Å². The second-order valence-corrected chi connectivity index (χ2v) is 7.34. The molecule has 1 heterocycles. The number of carbonyl (C=O) groups excluding carboxylic acids is 2. The lowest BCUT2D eigenvalue weighted by Gasteiger charge is -2.24. The lowest BCUT2D eigenvalue weighted by atomic mass is 10.1. The van der Waals surface area contributed by atoms with E-state index in [1.165, 1.54) is 6.07 Å². The van der Waals surface area contributed by atoms with Crippen LogP contribution in [0.1, 0.15) is 17.5 Å². The Kier molecular flexibility index (Phi) is 5.74. The van der Waals surface area contributed by atoms with Crippen molar-refractivity contribution in [3.8, 4) is 0 Å². The van der Waals surface area contributed by atoms with Crippen LogP contribution in [0.4, 0.5) is 18.9 Å². The average Bonchev–Trinajstić information content (AvgIpc) is 2.62. The molecule has 2 N–H and O–H groups in total. The molecule has 0 aromatic heterocycles. The number of amides is 2. The van der Waals surface area contributed by atoms with Crippen LogP contribution in [0.25, 0.3) is 0 Å². The number of hydrogen-bond acceptors (Lipinski definition) is 3. The van der Waals surface area contributed by atoms with Crippen molar-refractivity contribution in [3.05, 3.63) is 59.7 Å². The molecule has 1 aliphatic rings. The molecule has 0 fully saturated rings. The Hall–Kier alpha value is -2.48. The summed E-state index contributed by atoms with van der Waals surface area (Å²) < 4.78 is 38.3. The standard InChI is InChI=1S/C19H17F3N2O2S/c20-19(21,22)13-6-7-15-14(10-13)24-18(26)16(27-15)11-17(25)23-9-8-12-4-2-1-3-5-12/h1-7,10,16H,8-9,11H2,(H,23,25)(H,24,26)/t16-/m1/s1. The van der Waals surface area contributed by atoms with Crippen molar-refractivity contribution in [1.29, 1.82) is 0 Å². The van der Waals surface area contributed by atoms with Gasteiger partial charge in [-0.05, 0) is 30.2 Å². The number of carbonyl (C=O) groups is 2. The Morgan fingerprint density at radius 1 is 1.15 bits per heavy atom. The Labute approximate surface area is 158 Å². The smallest absolute Gasteiger partial charge is 0.356 e. The van der Waals surface area contributed by atoms with E-state index in [-0.39, 0.29) is 18.0 Å². The molecular formula is C19H17F3N2O2S. The van der Waals surface area contributed by atoms with Gasteiger partial charge in [0, 0.05) is 17.9 Å². The predicted octanol–water partition coefficient (Wildman–Crippen LogP) is 3.87. The van der Waals surface area contributed by atoms with Crippen molar-refractivity contribution >= 4 is 29.3 Å². The van der Waals surface area contributed by atoms with Gasteiger partial charge >= 0.3 is 6.18 Å². The first-order valence-electron chi connectivity index (χ1n) is 8.32. The number of thioether (sulfide) groups is 1. The van der Waals surface area contributed by atoms with E-state index in [0.29, 0.717) is 17.9 Å². The summed E-state index contributed by atoms with van der Waals surface area (Å²) in [5, 5.41) is 4.57. The summed E-state index contributed by atoms with van der Waals surface area (Å²) in [5.41, 5.74) is 0.400. The lowest BCUT2D eigenvalue weighted by molar-refractivity contribution is -0.137. The monoisotopic (exact) mass is 394 g/mol. The predicted molar refractivity (Wildman–Crippen MR) is 97.5 cm³/mol. The molecule has 0 saturated carbocycles. The Balaban J connectivity index is 1.55. The molecule has 0 saturated heterocycles. The summed E-state index contributed by atoms with van der Waals surface area (Å²) >= 11 is 1.10. The highest BCUT2D eigenvalue weighted by atomic mass is 32.2. The number of halogens is 3. The highest BCUT2D eigenvalue weighted by Crippen LogP contribution is 2.40. The second-order valence-electron chi connectivity index (χ2n) is 6.09. The van der Waals surface area contributed by atoms with Crippen LogP contribution in [-0.4, -0.2) is 23.6 Å². The van der Waals surface area contributed by atoms with Gasteiger partial charge in [0.25, 0.3) is 0 Å². The molecule has 27 heavy (non-hydrogen) atoms. The summed E-state index contributed by atoms with van der Waals surface area (Å²) in [7, 11) is 0. The van der Waals surface area contributed by atoms with Crippen LogP contribution < -0.4 is 10.6 Å². The van der Waals surface area contributed by atoms with Crippen molar-refractivity contribution in [2.24, 2.45) is 0 Å². The number of benzene rings is 2. The van der Waals surface area contributed by atoms with E-state index in [4.69, 9.17) is 0 Å². The van der Waals surface area contributed by atoms with E-state index in [1.54, 1.807) is 0 Å². The minimum absolute atomic E-state index is 0.0360. The largest absolute Gasteiger partial charge is 0.416 e. The zero-order valence-corrected chi connectivity index (χ0v) is 15.0. The molecule has 1 atom stereocenters. The molecule has 0 aliphatic carbocycles. The van der Waals surface area contributed by atoms with E-state index < -0.39 is 22.9 Å². The van der Waals surface area contributed by atoms with Crippen LogP contribution in [0.5, 0.6) is 0 Å². The molecule has 2 aromatic rings. The Bertz CT molecular complexity index is 841. The summed E-state index contributed by atoms with van der Waals surface area (Å²) in [4.78, 5) is 24.8. The van der Waals surface area contributed by atoms with Gasteiger partial charge in [-0.1, -0.05) is 30.3 Å². The van der Waals surface area contributed by atoms with E-state index in [9.17, 15) is 22.8 Å². The van der Waals surface area contributed by atoms with Crippen molar-refractivity contribution in [2.75, 3.05) is 11.9 Å². The summed E-state index contributed by atoms with van der Waals surface area (Å²) in [5.74, 6) is -0.737. The van der Waals surface area contributed by atoms with Gasteiger partial charge in [-0.25, -0.2) is 0 Å². The molecule has 0 radical (unpaired) electrons. The quantitative estimate of drug-likeness (QED) is 0.810. The fourth-order valence-electron chi connectivity index (χ4n) is 2.69. The number of nitrogens with one attached hydrogen (secondary N) is 2. The second kappa shape index (κ2) is 8.04. The first-order chi connectivity index (χ1) is 12.8. The topological polar surface area (TPSA) is 58.2 Å². The number of hydrogen-bond donors (Lipinski definition) is 2. The van der Waals surface area contributed by atoms with Gasteiger partial charge in [0.15, 0.2) is 0 Å². The molecule has 0 bridgehead atoms. The zero-order valence-electron chi connectivity index (χ0n) is 14.2. The third kappa shape index (κ3) is 5.03. The van der Waals surface area contributed by atoms with Gasteiger partial charge in [-0.15, -0.1) is 11.8 Å². The van der Waals surface area contributed by atoms with Crippen molar-refractivity contribution in [3.63, 3.8) is 0 Å². The van der Waals surface area contributed by atoms with Crippen LogP contribution in [0, 0.1) is 0 Å². The van der Waals surface area contributed by atoms with Gasteiger partial charge in [-0.2, -0.15) is 13.2 Å². The highest BCUT2D eigenvalue weighted by molar-refractivity contribution is 8.01. The normalized spacial score (nSPS) is 16.4. The van der Waals surface area contributed by atoms with Crippen molar-refractivity contribution < 1.29 is 22.8 Å². The van der Waals surface area contributed by atoms with E-state index in [0.717, 1.165) is 29.5 Å². The maximum Gasteiger partial charge on any atom is 0.416 e. The van der Waals surface area contributed by atoms with Crippen LogP contribution in [0.15, 0.2) is 53.4 Å². The Morgan fingerprint density at radius 2 is 1.89 bits per heavy atom. The molecule has 0 spiro atoms. The maximum atomic E-state index is 12.8. The van der Waals surface area contributed by atoms with Crippen LogP contribution in [-0.2, 0) is 22.2 Å². The molecule has 1 aliphatic heterocycles. The minimum atomic E-state index is -4.47. The third-order valence-corrected chi connectivity index (χ3v) is 5.35. The van der Waals surface area contributed by atoms with Crippen LogP contribution in [0.3, 0.4) is 0 Å². The third-order valence-electron chi connectivity index (χ3n) is 4.08. The first kappa shape index (κ1) is 19.3. The molecule has 4 nitrogen and oxygen atoms in total. The van der Waals surface area contributed by atoms with E-state index in [1.807, 2.05) is 30.3 Å². The van der Waals surface area contributed by atoms with Gasteiger partial charge in [0.1, 0.15) is 0 Å². The number of anilines is 1. The molecule has 142 valence electrons. The SMILES string of the molecule is O=C(C[C@H]1Sc2ccc(C(F)(F)F)cc2NC1=O)NCCc1ccccc1. The van der Waals surface area contributed by atoms with E-state index in [2.05, 4.69) is 10.6 Å². The summed E-state index contributed by atoms with van der Waals surface area (Å²) in [6.45, 7) is 0.452. The number of fused-ring (bicyclic) bond motifs is 1. The van der Waals surface area contributed by atoms with Gasteiger partial charge < -0.3 is 10.6 Å². The van der Waals surface area contributed by atoms with Gasteiger partial charge in [-0.3, -0.25) is 9.59 Å². The van der Waals surface area contributed by atoms with Gasteiger partial charge in [0.05, 0.1) is 16.5 Å². The minimum Gasteiger partial charge on any atom is -0.356 e.